The van der Waals surface area contributed by atoms with Crippen LogP contribution in [0.4, 0.5) is 5.69 Å². The molecule has 0 unspecified atom stereocenters. The summed E-state index contributed by atoms with van der Waals surface area (Å²) in [7, 11) is 0. The maximum absolute atomic E-state index is 9.22. The van der Waals surface area contributed by atoms with Crippen LogP contribution in [0, 0.1) is 24.2 Å². The van der Waals surface area contributed by atoms with E-state index in [0.29, 0.717) is 12.0 Å². The predicted octanol–water partition coefficient (Wildman–Crippen LogP) is 3.49. The highest BCUT2D eigenvalue weighted by molar-refractivity contribution is 5.62. The standard InChI is InChI=1S/C15H20N2/c1-11(2)10-17(14-6-7-14)15-8-12(3)4-5-13(15)9-16/h4-5,8,11,14H,6-7,10H2,1-3H3. The summed E-state index contributed by atoms with van der Waals surface area (Å²) in [5.41, 5.74) is 3.17. The third-order valence-electron chi connectivity index (χ3n) is 3.13. The van der Waals surface area contributed by atoms with Crippen LogP contribution < -0.4 is 4.90 Å². The van der Waals surface area contributed by atoms with Crippen LogP contribution in [-0.2, 0) is 0 Å². The van der Waals surface area contributed by atoms with Crippen LogP contribution >= 0.6 is 0 Å². The maximum atomic E-state index is 9.22. The zero-order valence-electron chi connectivity index (χ0n) is 10.9. The molecular formula is C15H20N2. The van der Waals surface area contributed by atoms with Gasteiger partial charge in [0.2, 0.25) is 0 Å². The second kappa shape index (κ2) is 4.79. The summed E-state index contributed by atoms with van der Waals surface area (Å²) in [6, 6.07) is 9.09. The minimum absolute atomic E-state index is 0.627. The molecule has 0 N–H and O–H groups in total. The minimum Gasteiger partial charge on any atom is -0.367 e. The van der Waals surface area contributed by atoms with E-state index in [9.17, 15) is 5.26 Å². The first-order valence-electron chi connectivity index (χ1n) is 6.39. The molecule has 0 aromatic heterocycles. The Hall–Kier alpha value is -1.49. The zero-order valence-corrected chi connectivity index (χ0v) is 10.9. The molecule has 2 rings (SSSR count). The van der Waals surface area contributed by atoms with Gasteiger partial charge in [-0.2, -0.15) is 5.26 Å². The van der Waals surface area contributed by atoms with Crippen LogP contribution in [0.25, 0.3) is 0 Å². The van der Waals surface area contributed by atoms with Crippen LogP contribution in [0.15, 0.2) is 18.2 Å². The summed E-state index contributed by atoms with van der Waals surface area (Å²) in [6.07, 6.45) is 2.54. The Bertz CT molecular complexity index is 439. The van der Waals surface area contributed by atoms with E-state index in [4.69, 9.17) is 0 Å². The number of nitriles is 1. The van der Waals surface area contributed by atoms with E-state index >= 15 is 0 Å². The van der Waals surface area contributed by atoms with Gasteiger partial charge in [-0.3, -0.25) is 0 Å². The first kappa shape index (κ1) is 12.0. The summed E-state index contributed by atoms with van der Waals surface area (Å²) in [5.74, 6) is 0.627. The zero-order chi connectivity index (χ0) is 12.4. The lowest BCUT2D eigenvalue weighted by Gasteiger charge is -2.27. The van der Waals surface area contributed by atoms with Gasteiger partial charge in [-0.25, -0.2) is 0 Å². The molecule has 0 amide bonds. The highest BCUT2D eigenvalue weighted by Crippen LogP contribution is 2.34. The summed E-state index contributed by atoms with van der Waals surface area (Å²) < 4.78 is 0. The number of hydrogen-bond donors (Lipinski definition) is 0. The molecule has 1 aliphatic carbocycles. The fraction of sp³-hybridized carbons (Fsp3) is 0.533. The van der Waals surface area contributed by atoms with Gasteiger partial charge in [0.15, 0.2) is 0 Å². The highest BCUT2D eigenvalue weighted by Gasteiger charge is 2.30. The Balaban J connectivity index is 2.34. The van der Waals surface area contributed by atoms with Crippen molar-refractivity contribution in [2.45, 2.75) is 39.7 Å². The monoisotopic (exact) mass is 228 g/mol. The average molecular weight is 228 g/mol. The molecule has 1 aromatic rings. The number of hydrogen-bond acceptors (Lipinski definition) is 2. The lowest BCUT2D eigenvalue weighted by molar-refractivity contribution is 0.607. The van der Waals surface area contributed by atoms with Gasteiger partial charge in [-0.15, -0.1) is 0 Å². The molecule has 1 aliphatic rings. The first-order valence-corrected chi connectivity index (χ1v) is 6.39. The topological polar surface area (TPSA) is 27.0 Å². The normalized spacial score (nSPS) is 14.8. The summed E-state index contributed by atoms with van der Waals surface area (Å²) in [6.45, 7) is 7.60. The Kier molecular flexibility index (Phi) is 3.38. The van der Waals surface area contributed by atoms with Crippen molar-refractivity contribution in [2.75, 3.05) is 11.4 Å². The third-order valence-corrected chi connectivity index (χ3v) is 3.13. The largest absolute Gasteiger partial charge is 0.367 e. The summed E-state index contributed by atoms with van der Waals surface area (Å²) in [4.78, 5) is 2.43. The van der Waals surface area contributed by atoms with Crippen molar-refractivity contribution in [3.63, 3.8) is 0 Å². The number of rotatable bonds is 4. The van der Waals surface area contributed by atoms with Crippen molar-refractivity contribution in [3.05, 3.63) is 29.3 Å². The Labute approximate surface area is 104 Å². The molecule has 2 heteroatoms. The Morgan fingerprint density at radius 1 is 1.41 bits per heavy atom. The molecular weight excluding hydrogens is 208 g/mol. The molecule has 0 atom stereocenters. The molecule has 1 aromatic carbocycles. The average Bonchev–Trinajstić information content (AvgIpc) is 3.09. The van der Waals surface area contributed by atoms with Gasteiger partial charge in [0.1, 0.15) is 6.07 Å². The van der Waals surface area contributed by atoms with E-state index in [1.165, 1.54) is 18.4 Å². The minimum atomic E-state index is 0.627. The van der Waals surface area contributed by atoms with Crippen LogP contribution in [0.2, 0.25) is 0 Å². The lowest BCUT2D eigenvalue weighted by atomic mass is 10.1. The van der Waals surface area contributed by atoms with Crippen LogP contribution in [-0.4, -0.2) is 12.6 Å². The highest BCUT2D eigenvalue weighted by atomic mass is 15.2. The van der Waals surface area contributed by atoms with Gasteiger partial charge in [-0.05, 0) is 43.4 Å². The quantitative estimate of drug-likeness (QED) is 0.788. The molecule has 0 saturated heterocycles. The molecule has 2 nitrogen and oxygen atoms in total. The number of benzene rings is 1. The van der Waals surface area contributed by atoms with Crippen molar-refractivity contribution in [1.82, 2.24) is 0 Å². The first-order chi connectivity index (χ1) is 8.11. The second-order valence-electron chi connectivity index (χ2n) is 5.41. The smallest absolute Gasteiger partial charge is 0.101 e. The summed E-state index contributed by atoms with van der Waals surface area (Å²) in [5, 5.41) is 9.22. The van der Waals surface area contributed by atoms with Gasteiger partial charge in [0, 0.05) is 12.6 Å². The fourth-order valence-corrected chi connectivity index (χ4v) is 2.20. The number of nitrogens with zero attached hydrogens (tertiary/aromatic N) is 2. The number of anilines is 1. The molecule has 17 heavy (non-hydrogen) atoms. The molecule has 0 aliphatic heterocycles. The van der Waals surface area contributed by atoms with Crippen LogP contribution in [0.5, 0.6) is 0 Å². The van der Waals surface area contributed by atoms with Crippen molar-refractivity contribution in [3.8, 4) is 6.07 Å². The molecule has 0 spiro atoms. The van der Waals surface area contributed by atoms with Gasteiger partial charge in [-0.1, -0.05) is 19.9 Å². The molecule has 0 bridgehead atoms. The fourth-order valence-electron chi connectivity index (χ4n) is 2.20. The van der Waals surface area contributed by atoms with Gasteiger partial charge >= 0.3 is 0 Å². The SMILES string of the molecule is Cc1ccc(C#N)c(N(CC(C)C)C2CC2)c1. The van der Waals surface area contributed by atoms with Crippen molar-refractivity contribution in [2.24, 2.45) is 5.92 Å². The van der Waals surface area contributed by atoms with Gasteiger partial charge in [0.25, 0.3) is 0 Å². The van der Waals surface area contributed by atoms with E-state index in [1.807, 2.05) is 12.1 Å². The number of aryl methyl sites for hydroxylation is 1. The van der Waals surface area contributed by atoms with E-state index in [1.54, 1.807) is 0 Å². The van der Waals surface area contributed by atoms with Crippen molar-refractivity contribution >= 4 is 5.69 Å². The molecule has 1 saturated carbocycles. The molecule has 1 fully saturated rings. The van der Waals surface area contributed by atoms with Crippen molar-refractivity contribution < 1.29 is 0 Å². The predicted molar refractivity (Wildman–Crippen MR) is 71.1 cm³/mol. The second-order valence-corrected chi connectivity index (χ2v) is 5.41. The molecule has 90 valence electrons. The molecule has 0 heterocycles. The lowest BCUT2D eigenvalue weighted by Crippen LogP contribution is -2.30. The van der Waals surface area contributed by atoms with Crippen LogP contribution in [0.3, 0.4) is 0 Å². The van der Waals surface area contributed by atoms with Crippen molar-refractivity contribution in [1.29, 1.82) is 5.26 Å². The van der Waals surface area contributed by atoms with E-state index < -0.39 is 0 Å². The van der Waals surface area contributed by atoms with E-state index in [2.05, 4.69) is 37.8 Å². The maximum Gasteiger partial charge on any atom is 0.101 e. The van der Waals surface area contributed by atoms with E-state index in [-0.39, 0.29) is 0 Å². The molecule has 0 radical (unpaired) electrons. The van der Waals surface area contributed by atoms with E-state index in [0.717, 1.165) is 17.8 Å². The third kappa shape index (κ3) is 2.79. The van der Waals surface area contributed by atoms with Gasteiger partial charge < -0.3 is 4.90 Å². The van der Waals surface area contributed by atoms with Crippen LogP contribution in [0.1, 0.15) is 37.8 Å². The van der Waals surface area contributed by atoms with Gasteiger partial charge in [0.05, 0.1) is 11.3 Å². The Morgan fingerprint density at radius 2 is 2.12 bits per heavy atom. The summed E-state index contributed by atoms with van der Waals surface area (Å²) >= 11 is 0. The Morgan fingerprint density at radius 3 is 2.65 bits per heavy atom.